The van der Waals surface area contributed by atoms with E-state index in [9.17, 15) is 4.79 Å². The van der Waals surface area contributed by atoms with Crippen LogP contribution in [0.2, 0.25) is 0 Å². The van der Waals surface area contributed by atoms with Crippen LogP contribution in [0.4, 0.5) is 0 Å². The van der Waals surface area contributed by atoms with E-state index in [1.54, 1.807) is 0 Å². The molecule has 0 saturated carbocycles. The van der Waals surface area contributed by atoms with Crippen molar-refractivity contribution in [3.63, 3.8) is 0 Å². The molecule has 0 aliphatic rings. The van der Waals surface area contributed by atoms with Crippen molar-refractivity contribution in [2.24, 2.45) is 0 Å². The van der Waals surface area contributed by atoms with Crippen LogP contribution in [-0.4, -0.2) is 11.1 Å². The molecule has 0 aromatic carbocycles. The van der Waals surface area contributed by atoms with Gasteiger partial charge in [0.15, 0.2) is 0 Å². The quantitative estimate of drug-likeness (QED) is 0.353. The van der Waals surface area contributed by atoms with Gasteiger partial charge in [-0.25, -0.2) is 5.48 Å². The molecule has 1 amide bonds. The van der Waals surface area contributed by atoms with Gasteiger partial charge >= 0.3 is 0 Å². The zero-order valence-corrected chi connectivity index (χ0v) is 6.18. The standard InChI is InChI=1S/C7H13NO2/c1-3-4-5-6(2)7(9)8-10/h10H,2-5H2,1H3,(H,8,9). The van der Waals surface area contributed by atoms with Crippen LogP contribution in [0.5, 0.6) is 0 Å². The first-order valence-corrected chi connectivity index (χ1v) is 3.34. The summed E-state index contributed by atoms with van der Waals surface area (Å²) in [7, 11) is 0. The lowest BCUT2D eigenvalue weighted by molar-refractivity contribution is -0.125. The lowest BCUT2D eigenvalue weighted by atomic mass is 10.1. The van der Waals surface area contributed by atoms with E-state index in [4.69, 9.17) is 5.21 Å². The molecule has 0 radical (unpaired) electrons. The van der Waals surface area contributed by atoms with E-state index in [1.165, 1.54) is 5.48 Å². The van der Waals surface area contributed by atoms with E-state index in [2.05, 4.69) is 6.58 Å². The minimum atomic E-state index is -0.478. The maximum atomic E-state index is 10.6. The van der Waals surface area contributed by atoms with Crippen molar-refractivity contribution in [2.75, 3.05) is 0 Å². The number of hydroxylamine groups is 1. The zero-order chi connectivity index (χ0) is 7.98. The fourth-order valence-electron chi connectivity index (χ4n) is 0.583. The maximum absolute atomic E-state index is 10.6. The van der Waals surface area contributed by atoms with Gasteiger partial charge in [-0.3, -0.25) is 10.0 Å². The molecule has 2 N–H and O–H groups in total. The first-order valence-electron chi connectivity index (χ1n) is 3.34. The Kier molecular flexibility index (Phi) is 4.58. The van der Waals surface area contributed by atoms with E-state index in [1.807, 2.05) is 6.92 Å². The summed E-state index contributed by atoms with van der Waals surface area (Å²) >= 11 is 0. The lowest BCUT2D eigenvalue weighted by Crippen LogP contribution is -2.19. The second-order valence-corrected chi connectivity index (χ2v) is 2.15. The molecular formula is C7H13NO2. The molecule has 0 aliphatic carbocycles. The molecule has 0 unspecified atom stereocenters. The van der Waals surface area contributed by atoms with Gasteiger partial charge < -0.3 is 0 Å². The van der Waals surface area contributed by atoms with Gasteiger partial charge in [0, 0.05) is 5.57 Å². The van der Waals surface area contributed by atoms with Crippen molar-refractivity contribution in [1.82, 2.24) is 5.48 Å². The predicted molar refractivity (Wildman–Crippen MR) is 38.6 cm³/mol. The van der Waals surface area contributed by atoms with Gasteiger partial charge in [-0.1, -0.05) is 19.9 Å². The second kappa shape index (κ2) is 4.99. The Morgan fingerprint density at radius 3 is 2.70 bits per heavy atom. The molecule has 0 rings (SSSR count). The summed E-state index contributed by atoms with van der Waals surface area (Å²) in [5, 5.41) is 8.14. The molecule has 58 valence electrons. The summed E-state index contributed by atoms with van der Waals surface area (Å²) in [5.41, 5.74) is 1.97. The summed E-state index contributed by atoms with van der Waals surface area (Å²) in [6.07, 6.45) is 2.62. The van der Waals surface area contributed by atoms with Gasteiger partial charge in [-0.05, 0) is 12.8 Å². The molecule has 0 spiro atoms. The molecule has 0 heterocycles. The highest BCUT2D eigenvalue weighted by Gasteiger charge is 2.02. The van der Waals surface area contributed by atoms with Crippen molar-refractivity contribution in [2.45, 2.75) is 26.2 Å². The van der Waals surface area contributed by atoms with E-state index in [-0.39, 0.29) is 0 Å². The Morgan fingerprint density at radius 1 is 1.70 bits per heavy atom. The van der Waals surface area contributed by atoms with Crippen LogP contribution < -0.4 is 5.48 Å². The van der Waals surface area contributed by atoms with Gasteiger partial charge in [0.2, 0.25) is 0 Å². The summed E-state index contributed by atoms with van der Waals surface area (Å²) in [6.45, 7) is 5.52. The first-order chi connectivity index (χ1) is 4.72. The second-order valence-electron chi connectivity index (χ2n) is 2.15. The van der Waals surface area contributed by atoms with Crippen LogP contribution in [0.25, 0.3) is 0 Å². The highest BCUT2D eigenvalue weighted by atomic mass is 16.5. The molecule has 0 aromatic rings. The summed E-state index contributed by atoms with van der Waals surface area (Å²) in [6, 6.07) is 0. The van der Waals surface area contributed by atoms with E-state index in [0.29, 0.717) is 12.0 Å². The summed E-state index contributed by atoms with van der Waals surface area (Å²) in [5.74, 6) is -0.478. The fraction of sp³-hybridized carbons (Fsp3) is 0.571. The molecule has 0 aromatic heterocycles. The van der Waals surface area contributed by atoms with E-state index < -0.39 is 5.91 Å². The molecule has 0 fully saturated rings. The number of amides is 1. The summed E-state index contributed by atoms with van der Waals surface area (Å²) in [4.78, 5) is 10.6. The Labute approximate surface area is 60.7 Å². The Bertz CT molecular complexity index is 132. The summed E-state index contributed by atoms with van der Waals surface area (Å²) < 4.78 is 0. The molecule has 0 atom stereocenters. The molecule has 0 bridgehead atoms. The normalized spacial score (nSPS) is 9.00. The minimum Gasteiger partial charge on any atom is -0.288 e. The van der Waals surface area contributed by atoms with Gasteiger partial charge in [0.1, 0.15) is 0 Å². The average Bonchev–Trinajstić information content (AvgIpc) is 1.98. The first kappa shape index (κ1) is 9.17. The Morgan fingerprint density at radius 2 is 2.30 bits per heavy atom. The number of nitrogens with one attached hydrogen (secondary N) is 1. The van der Waals surface area contributed by atoms with Crippen LogP contribution in [0.1, 0.15) is 26.2 Å². The predicted octanol–water partition coefficient (Wildman–Crippen LogP) is 1.24. The third-order valence-corrected chi connectivity index (χ3v) is 1.25. The largest absolute Gasteiger partial charge is 0.288 e. The molecule has 0 aliphatic heterocycles. The molecular weight excluding hydrogens is 130 g/mol. The number of hydrogen-bond acceptors (Lipinski definition) is 2. The highest BCUT2D eigenvalue weighted by molar-refractivity contribution is 5.91. The third kappa shape index (κ3) is 3.25. The van der Waals surface area contributed by atoms with E-state index >= 15 is 0 Å². The third-order valence-electron chi connectivity index (χ3n) is 1.25. The van der Waals surface area contributed by atoms with Crippen LogP contribution in [0, 0.1) is 0 Å². The number of carbonyl (C=O) groups is 1. The van der Waals surface area contributed by atoms with Gasteiger partial charge in [0.05, 0.1) is 0 Å². The highest BCUT2D eigenvalue weighted by Crippen LogP contribution is 2.03. The average molecular weight is 143 g/mol. The SMILES string of the molecule is C=C(CCCC)C(=O)NO. The van der Waals surface area contributed by atoms with E-state index in [0.717, 1.165) is 12.8 Å². The number of rotatable bonds is 4. The molecule has 3 nitrogen and oxygen atoms in total. The van der Waals surface area contributed by atoms with Crippen molar-refractivity contribution < 1.29 is 10.0 Å². The Hall–Kier alpha value is -0.830. The van der Waals surface area contributed by atoms with Crippen molar-refractivity contribution in [1.29, 1.82) is 0 Å². The number of unbranched alkanes of at least 4 members (excludes halogenated alkanes) is 1. The zero-order valence-electron chi connectivity index (χ0n) is 6.18. The lowest BCUT2D eigenvalue weighted by Gasteiger charge is -1.99. The fourth-order valence-corrected chi connectivity index (χ4v) is 0.583. The monoisotopic (exact) mass is 143 g/mol. The van der Waals surface area contributed by atoms with Gasteiger partial charge in [-0.2, -0.15) is 0 Å². The maximum Gasteiger partial charge on any atom is 0.269 e. The smallest absolute Gasteiger partial charge is 0.269 e. The Balaban J connectivity index is 3.52. The van der Waals surface area contributed by atoms with Crippen LogP contribution in [-0.2, 0) is 4.79 Å². The van der Waals surface area contributed by atoms with Crippen molar-refractivity contribution in [3.05, 3.63) is 12.2 Å². The van der Waals surface area contributed by atoms with Crippen molar-refractivity contribution in [3.8, 4) is 0 Å². The van der Waals surface area contributed by atoms with Crippen molar-refractivity contribution >= 4 is 5.91 Å². The van der Waals surface area contributed by atoms with Crippen LogP contribution >= 0.6 is 0 Å². The minimum absolute atomic E-state index is 0.435. The van der Waals surface area contributed by atoms with Crippen LogP contribution in [0.15, 0.2) is 12.2 Å². The van der Waals surface area contributed by atoms with Crippen LogP contribution in [0.3, 0.4) is 0 Å². The molecule has 0 saturated heterocycles. The van der Waals surface area contributed by atoms with Gasteiger partial charge in [0.25, 0.3) is 5.91 Å². The number of carbonyl (C=O) groups excluding carboxylic acids is 1. The number of hydrogen-bond donors (Lipinski definition) is 2. The molecule has 3 heteroatoms. The topological polar surface area (TPSA) is 49.3 Å². The molecule has 10 heavy (non-hydrogen) atoms. The van der Waals surface area contributed by atoms with Gasteiger partial charge in [-0.15, -0.1) is 0 Å².